The zero-order valence-corrected chi connectivity index (χ0v) is 11.1. The van der Waals surface area contributed by atoms with Gasteiger partial charge in [0.25, 0.3) is 0 Å². The van der Waals surface area contributed by atoms with Gasteiger partial charge in [-0.05, 0) is 47.0 Å². The predicted octanol–water partition coefficient (Wildman–Crippen LogP) is 0.277. The molecule has 0 aromatic rings. The Morgan fingerprint density at radius 3 is 1.38 bits per heavy atom. The number of hydrogen-bond acceptors (Lipinski definition) is 1. The minimum atomic E-state index is 0. The molecule has 4 heteroatoms. The zero-order valence-electron chi connectivity index (χ0n) is 10.4. The number of halogens is 2. The van der Waals surface area contributed by atoms with Crippen LogP contribution in [-0.2, 0) is 0 Å². The molecule has 78 valence electrons. The molecule has 1 aliphatic rings. The van der Waals surface area contributed by atoms with Gasteiger partial charge in [0, 0.05) is 11.1 Å². The molecule has 0 radical (unpaired) electrons. The Balaban J connectivity index is -0.000000125. The third-order valence-corrected chi connectivity index (χ3v) is 2.28. The molecule has 0 unspecified atom stereocenters. The largest absolute Gasteiger partial charge is 1.00 e. The van der Waals surface area contributed by atoms with Crippen molar-refractivity contribution in [2.75, 3.05) is 0 Å². The molecule has 0 aromatic carbocycles. The molecule has 1 saturated heterocycles. The first-order valence-corrected chi connectivity index (χ1v) is 4.21. The number of nitrogens with one attached hydrogen (secondary N) is 1. The van der Waals surface area contributed by atoms with E-state index in [0.717, 1.165) is 0 Å². The first-order chi connectivity index (χ1) is 4.41. The van der Waals surface area contributed by atoms with Crippen LogP contribution in [0, 0.1) is 0 Å². The van der Waals surface area contributed by atoms with Gasteiger partial charge in [-0.2, -0.15) is 0 Å². The summed E-state index contributed by atoms with van der Waals surface area (Å²) < 4.78 is 0. The van der Waals surface area contributed by atoms with Crippen molar-refractivity contribution in [3.05, 3.63) is 0 Å². The van der Waals surface area contributed by atoms with Gasteiger partial charge < -0.3 is 6.74 Å². The molecule has 0 spiro atoms. The Bertz CT molecular complexity index is 129. The Labute approximate surface area is 108 Å². The molecule has 0 aliphatic carbocycles. The average molecular weight is 222 g/mol. The van der Waals surface area contributed by atoms with Crippen LogP contribution in [0.15, 0.2) is 0 Å². The molecule has 1 heterocycles. The van der Waals surface area contributed by atoms with Crippen LogP contribution < -0.4 is 24.2 Å². The van der Waals surface area contributed by atoms with Gasteiger partial charge in [-0.15, -0.1) is 24.8 Å². The van der Waals surface area contributed by atoms with Crippen molar-refractivity contribution in [1.29, 1.82) is 0 Å². The van der Waals surface area contributed by atoms with Crippen molar-refractivity contribution >= 4 is 24.8 Å². The molecule has 1 fully saturated rings. The van der Waals surface area contributed by atoms with E-state index >= 15 is 0 Å². The van der Waals surface area contributed by atoms with Gasteiger partial charge in [0.15, 0.2) is 0 Å². The molecule has 0 bridgehead atoms. The molecule has 1 rings (SSSR count). The van der Waals surface area contributed by atoms with Crippen LogP contribution in [-0.4, -0.2) is 11.1 Å². The van der Waals surface area contributed by atoms with E-state index in [-0.39, 0.29) is 45.1 Å². The summed E-state index contributed by atoms with van der Waals surface area (Å²) in [5, 5.41) is 3.63. The smallest absolute Gasteiger partial charge is 1.00 e. The number of rotatable bonds is 0. The second-order valence-corrected chi connectivity index (χ2v) is 4.75. The van der Waals surface area contributed by atoms with E-state index in [1.807, 2.05) is 0 Å². The summed E-state index contributed by atoms with van der Waals surface area (Å²) >= 11 is 0. The molecule has 0 atom stereocenters. The van der Waals surface area contributed by atoms with Gasteiger partial charge >= 0.3 is 18.9 Å². The van der Waals surface area contributed by atoms with Gasteiger partial charge in [-0.25, -0.2) is 0 Å². The van der Waals surface area contributed by atoms with Gasteiger partial charge in [-0.1, -0.05) is 0 Å². The fourth-order valence-corrected chi connectivity index (χ4v) is 2.01. The SMILES string of the molecule is CC1(C)CCCC(C)(C)N1.Cl.Cl.[H-].[Li+]. The summed E-state index contributed by atoms with van der Waals surface area (Å²) in [6, 6.07) is 0. The summed E-state index contributed by atoms with van der Waals surface area (Å²) in [6.07, 6.45) is 4.00. The van der Waals surface area contributed by atoms with Crippen LogP contribution in [0.2, 0.25) is 0 Å². The molecule has 1 aliphatic heterocycles. The van der Waals surface area contributed by atoms with Crippen LogP contribution in [0.25, 0.3) is 0 Å². The fraction of sp³-hybridized carbons (Fsp3) is 1.00. The number of piperidine rings is 1. The third kappa shape index (κ3) is 7.11. The van der Waals surface area contributed by atoms with Gasteiger partial charge in [-0.3, -0.25) is 0 Å². The van der Waals surface area contributed by atoms with E-state index < -0.39 is 0 Å². The minimum absolute atomic E-state index is 0. The van der Waals surface area contributed by atoms with Crippen molar-refractivity contribution in [2.45, 2.75) is 58.0 Å². The normalized spacial score (nSPS) is 23.1. The maximum absolute atomic E-state index is 3.63. The number of hydrogen-bond donors (Lipinski definition) is 1. The second-order valence-electron chi connectivity index (χ2n) is 4.75. The van der Waals surface area contributed by atoms with Crippen molar-refractivity contribution in [2.24, 2.45) is 0 Å². The van der Waals surface area contributed by atoms with Gasteiger partial charge in [0.05, 0.1) is 0 Å². The van der Waals surface area contributed by atoms with Crippen LogP contribution in [0.3, 0.4) is 0 Å². The van der Waals surface area contributed by atoms with E-state index in [1.165, 1.54) is 19.3 Å². The quantitative estimate of drug-likeness (QED) is 0.580. The molecular formula is C9H22Cl2LiN. The van der Waals surface area contributed by atoms with Crippen molar-refractivity contribution < 1.29 is 20.3 Å². The molecule has 13 heavy (non-hydrogen) atoms. The Morgan fingerprint density at radius 1 is 0.923 bits per heavy atom. The van der Waals surface area contributed by atoms with E-state index in [2.05, 4.69) is 33.0 Å². The van der Waals surface area contributed by atoms with Crippen LogP contribution in [0.5, 0.6) is 0 Å². The molecular weight excluding hydrogens is 200 g/mol. The zero-order chi connectivity index (χ0) is 7.83. The summed E-state index contributed by atoms with van der Waals surface area (Å²) in [5.41, 5.74) is 0.726. The monoisotopic (exact) mass is 221 g/mol. The van der Waals surface area contributed by atoms with Gasteiger partial charge in [0.1, 0.15) is 0 Å². The summed E-state index contributed by atoms with van der Waals surface area (Å²) in [4.78, 5) is 0. The van der Waals surface area contributed by atoms with Crippen LogP contribution in [0.4, 0.5) is 0 Å². The Kier molecular flexibility index (Phi) is 9.97. The summed E-state index contributed by atoms with van der Waals surface area (Å²) in [7, 11) is 0. The van der Waals surface area contributed by atoms with Crippen molar-refractivity contribution in [3.8, 4) is 0 Å². The van der Waals surface area contributed by atoms with Crippen LogP contribution >= 0.6 is 24.8 Å². The molecule has 0 aromatic heterocycles. The second kappa shape index (κ2) is 6.59. The first-order valence-electron chi connectivity index (χ1n) is 4.21. The van der Waals surface area contributed by atoms with Crippen LogP contribution in [0.1, 0.15) is 48.4 Å². The fourth-order valence-electron chi connectivity index (χ4n) is 2.01. The average Bonchev–Trinajstić information content (AvgIpc) is 1.56. The third-order valence-electron chi connectivity index (χ3n) is 2.28. The first kappa shape index (κ1) is 19.7. The Hall–Kier alpha value is 1.14. The molecule has 0 amide bonds. The predicted molar refractivity (Wildman–Crippen MR) is 60.8 cm³/mol. The standard InChI is InChI=1S/C9H19N.2ClH.Li.H/c1-8(2)6-5-7-9(3,4)10-8;;;;/h10H,5-7H2,1-4H3;2*1H;;/q;;;+1;-1. The van der Waals surface area contributed by atoms with Crippen molar-refractivity contribution in [1.82, 2.24) is 5.32 Å². The maximum Gasteiger partial charge on any atom is 1.00 e. The topological polar surface area (TPSA) is 12.0 Å². The van der Waals surface area contributed by atoms with E-state index in [9.17, 15) is 0 Å². The molecule has 1 N–H and O–H groups in total. The van der Waals surface area contributed by atoms with E-state index in [4.69, 9.17) is 0 Å². The van der Waals surface area contributed by atoms with Gasteiger partial charge in [0.2, 0.25) is 0 Å². The molecule has 1 nitrogen and oxygen atoms in total. The van der Waals surface area contributed by atoms with E-state index in [0.29, 0.717) is 11.1 Å². The minimum Gasteiger partial charge on any atom is -1.00 e. The summed E-state index contributed by atoms with van der Waals surface area (Å²) in [5.74, 6) is 0. The Morgan fingerprint density at radius 2 is 1.23 bits per heavy atom. The van der Waals surface area contributed by atoms with E-state index in [1.54, 1.807) is 0 Å². The molecule has 0 saturated carbocycles. The summed E-state index contributed by atoms with van der Waals surface area (Å²) in [6.45, 7) is 9.14. The van der Waals surface area contributed by atoms with Crippen molar-refractivity contribution in [3.63, 3.8) is 0 Å². The maximum atomic E-state index is 3.63.